The van der Waals surface area contributed by atoms with Crippen molar-refractivity contribution in [1.29, 1.82) is 0 Å². The van der Waals surface area contributed by atoms with Gasteiger partial charge in [0.05, 0.1) is 0 Å². The van der Waals surface area contributed by atoms with Gasteiger partial charge in [0.25, 0.3) is 0 Å². The second-order valence-corrected chi connectivity index (χ2v) is 3.85. The summed E-state index contributed by atoms with van der Waals surface area (Å²) in [5.41, 5.74) is 7.84. The third kappa shape index (κ3) is 2.72. The summed E-state index contributed by atoms with van der Waals surface area (Å²) >= 11 is 8.84. The van der Waals surface area contributed by atoms with Crippen molar-refractivity contribution in [1.82, 2.24) is 0 Å². The number of hydrogen-bond acceptors (Lipinski definition) is 2. The number of carbonyl (C=O) groups excluding carboxylic acids is 1. The summed E-state index contributed by atoms with van der Waals surface area (Å²) in [5.74, 6) is 0.386. The molecule has 2 N–H and O–H groups in total. The lowest BCUT2D eigenvalue weighted by Crippen LogP contribution is -2.04. The topological polar surface area (TPSA) is 43.1 Å². The van der Waals surface area contributed by atoms with Gasteiger partial charge in [-0.15, -0.1) is 11.6 Å². The van der Waals surface area contributed by atoms with E-state index in [1.165, 1.54) is 0 Å². The largest absolute Gasteiger partial charge is 0.399 e. The van der Waals surface area contributed by atoms with Gasteiger partial charge >= 0.3 is 0 Å². The van der Waals surface area contributed by atoms with Gasteiger partial charge in [-0.3, -0.25) is 4.79 Å². The van der Waals surface area contributed by atoms with Crippen molar-refractivity contribution >= 4 is 39.0 Å². The monoisotopic (exact) mass is 275 g/mol. The molecule has 2 nitrogen and oxygen atoms in total. The van der Waals surface area contributed by atoms with Gasteiger partial charge in [0.2, 0.25) is 0 Å². The average molecular weight is 277 g/mol. The second-order valence-electron chi connectivity index (χ2n) is 2.91. The number of hydrogen-bond donors (Lipinski definition) is 1. The molecule has 0 saturated carbocycles. The van der Waals surface area contributed by atoms with Crippen molar-refractivity contribution in [2.75, 3.05) is 11.6 Å². The molecule has 0 heterocycles. The van der Waals surface area contributed by atoms with Crippen LogP contribution in [0.3, 0.4) is 0 Å². The highest BCUT2D eigenvalue weighted by Gasteiger charge is 2.10. The van der Waals surface area contributed by atoms with Crippen LogP contribution < -0.4 is 5.73 Å². The number of benzene rings is 1. The molecule has 14 heavy (non-hydrogen) atoms. The molecule has 0 fully saturated rings. The van der Waals surface area contributed by atoms with Gasteiger partial charge in [-0.2, -0.15) is 0 Å². The molecule has 0 radical (unpaired) electrons. The summed E-state index contributed by atoms with van der Waals surface area (Å²) < 4.78 is 0. The van der Waals surface area contributed by atoms with Crippen LogP contribution in [0.5, 0.6) is 0 Å². The zero-order chi connectivity index (χ0) is 10.6. The van der Waals surface area contributed by atoms with Crippen LogP contribution in [0.4, 0.5) is 5.69 Å². The number of anilines is 1. The zero-order valence-corrected chi connectivity index (χ0v) is 9.94. The quantitative estimate of drug-likeness (QED) is 0.522. The van der Waals surface area contributed by atoms with Gasteiger partial charge in [0.15, 0.2) is 5.78 Å². The number of ketones is 1. The molecule has 0 aromatic heterocycles. The van der Waals surface area contributed by atoms with Gasteiger partial charge < -0.3 is 5.73 Å². The molecule has 0 unspecified atom stereocenters. The van der Waals surface area contributed by atoms with Gasteiger partial charge in [0, 0.05) is 28.9 Å². The molecule has 0 amide bonds. The summed E-state index contributed by atoms with van der Waals surface area (Å²) in [5, 5.41) is 0.649. The Morgan fingerprint density at radius 3 is 2.79 bits per heavy atom. The number of carbonyl (C=O) groups is 1. The van der Waals surface area contributed by atoms with E-state index in [9.17, 15) is 4.79 Å². The van der Waals surface area contributed by atoms with E-state index >= 15 is 0 Å². The molecule has 76 valence electrons. The summed E-state index contributed by atoms with van der Waals surface area (Å²) in [6.07, 6.45) is 0.352. The van der Waals surface area contributed by atoms with Gasteiger partial charge in [-0.1, -0.05) is 22.0 Å². The smallest absolute Gasteiger partial charge is 0.164 e. The van der Waals surface area contributed by atoms with Crippen LogP contribution in [0.1, 0.15) is 22.3 Å². The van der Waals surface area contributed by atoms with Crippen LogP contribution in [0.25, 0.3) is 0 Å². The van der Waals surface area contributed by atoms with E-state index < -0.39 is 0 Å². The van der Waals surface area contributed by atoms with Crippen LogP contribution in [-0.4, -0.2) is 11.7 Å². The maximum atomic E-state index is 11.6. The Kier molecular flexibility index (Phi) is 4.42. The van der Waals surface area contributed by atoms with Crippen LogP contribution >= 0.6 is 27.5 Å². The fourth-order valence-electron chi connectivity index (χ4n) is 1.19. The molecule has 1 aromatic carbocycles. The Labute approximate surface area is 96.6 Å². The molecule has 1 aromatic rings. The van der Waals surface area contributed by atoms with Crippen molar-refractivity contribution in [3.8, 4) is 0 Å². The number of rotatable bonds is 4. The number of nitrogens with two attached hydrogens (primary N) is 1. The molecule has 0 saturated heterocycles. The predicted molar refractivity (Wildman–Crippen MR) is 63.2 cm³/mol. The summed E-state index contributed by atoms with van der Waals surface area (Å²) in [6, 6.07) is 5.34. The van der Waals surface area contributed by atoms with E-state index in [0.29, 0.717) is 28.9 Å². The highest BCUT2D eigenvalue weighted by Crippen LogP contribution is 2.18. The van der Waals surface area contributed by atoms with Crippen molar-refractivity contribution in [2.45, 2.75) is 11.8 Å². The van der Waals surface area contributed by atoms with E-state index in [0.717, 1.165) is 5.56 Å². The molecule has 4 heteroatoms. The molecule has 1 rings (SSSR count). The lowest BCUT2D eigenvalue weighted by atomic mass is 10.0. The van der Waals surface area contributed by atoms with Crippen LogP contribution in [0.2, 0.25) is 0 Å². The molecule has 0 bridgehead atoms. The van der Waals surface area contributed by atoms with Crippen LogP contribution in [0.15, 0.2) is 18.2 Å². The number of Topliss-reactive ketones (excluding diaryl/α,β-unsaturated/α-hetero) is 1. The highest BCUT2D eigenvalue weighted by atomic mass is 79.9. The highest BCUT2D eigenvalue weighted by molar-refractivity contribution is 9.08. The number of nitrogen functional groups attached to an aromatic ring is 1. The van der Waals surface area contributed by atoms with Gasteiger partial charge in [-0.25, -0.2) is 0 Å². The minimum Gasteiger partial charge on any atom is -0.399 e. The van der Waals surface area contributed by atoms with Crippen LogP contribution in [-0.2, 0) is 5.33 Å². The first kappa shape index (κ1) is 11.5. The Hall–Kier alpha value is -0.540. The third-order valence-electron chi connectivity index (χ3n) is 1.90. The summed E-state index contributed by atoms with van der Waals surface area (Å²) in [7, 11) is 0. The third-order valence-corrected chi connectivity index (χ3v) is 2.69. The summed E-state index contributed by atoms with van der Waals surface area (Å²) in [6.45, 7) is 0. The van der Waals surface area contributed by atoms with Gasteiger partial charge in [-0.05, 0) is 17.7 Å². The Balaban J connectivity index is 3.03. The molecular weight excluding hydrogens is 265 g/mol. The fourth-order valence-corrected chi connectivity index (χ4v) is 1.85. The predicted octanol–water partition coefficient (Wildman–Crippen LogP) is 2.98. The second kappa shape index (κ2) is 5.37. The maximum Gasteiger partial charge on any atom is 0.164 e. The molecular formula is C10H11BrClNO. The van der Waals surface area contributed by atoms with E-state index in [1.54, 1.807) is 12.1 Å². The van der Waals surface area contributed by atoms with Crippen molar-refractivity contribution < 1.29 is 4.79 Å². The maximum absolute atomic E-state index is 11.6. The summed E-state index contributed by atoms with van der Waals surface area (Å²) in [4.78, 5) is 11.6. The van der Waals surface area contributed by atoms with E-state index in [1.807, 2.05) is 6.07 Å². The average Bonchev–Trinajstić information content (AvgIpc) is 2.18. The van der Waals surface area contributed by atoms with Crippen molar-refractivity contribution in [2.24, 2.45) is 0 Å². The molecule has 0 atom stereocenters. The van der Waals surface area contributed by atoms with Crippen molar-refractivity contribution in [3.05, 3.63) is 29.3 Å². The van der Waals surface area contributed by atoms with Crippen molar-refractivity contribution in [3.63, 3.8) is 0 Å². The SMILES string of the molecule is Nc1ccc(CBr)c(C(=O)CCCl)c1. The minimum atomic E-state index is 0.0433. The van der Waals surface area contributed by atoms with E-state index in [4.69, 9.17) is 17.3 Å². The van der Waals surface area contributed by atoms with E-state index in [2.05, 4.69) is 15.9 Å². The molecule has 0 aliphatic heterocycles. The molecule has 0 aliphatic carbocycles. The number of alkyl halides is 2. The fraction of sp³-hybridized carbons (Fsp3) is 0.300. The molecule has 0 aliphatic rings. The minimum absolute atomic E-state index is 0.0433. The first-order valence-electron chi connectivity index (χ1n) is 4.22. The zero-order valence-electron chi connectivity index (χ0n) is 7.59. The lowest BCUT2D eigenvalue weighted by molar-refractivity contribution is 0.0988. The first-order chi connectivity index (χ1) is 6.69. The molecule has 0 spiro atoms. The van der Waals surface area contributed by atoms with E-state index in [-0.39, 0.29) is 5.78 Å². The number of halogens is 2. The lowest BCUT2D eigenvalue weighted by Gasteiger charge is -2.06. The normalized spacial score (nSPS) is 10.1. The Bertz CT molecular complexity index is 341. The Morgan fingerprint density at radius 2 is 2.21 bits per heavy atom. The van der Waals surface area contributed by atoms with Gasteiger partial charge in [0.1, 0.15) is 0 Å². The standard InChI is InChI=1S/C10H11BrClNO/c11-6-7-1-2-8(13)5-9(7)10(14)3-4-12/h1-2,5H,3-4,6,13H2. The first-order valence-corrected chi connectivity index (χ1v) is 5.88. The Morgan fingerprint density at radius 1 is 1.50 bits per heavy atom. The van der Waals surface area contributed by atoms with Crippen LogP contribution in [0, 0.1) is 0 Å².